The molecule has 1 aromatic heterocycles. The third kappa shape index (κ3) is 2.27. The van der Waals surface area contributed by atoms with Crippen molar-refractivity contribution in [3.8, 4) is 0 Å². The van der Waals surface area contributed by atoms with Crippen LogP contribution in [0.15, 0.2) is 48.5 Å². The predicted molar refractivity (Wildman–Crippen MR) is 108 cm³/mol. The lowest BCUT2D eigenvalue weighted by Gasteiger charge is -2.22. The van der Waals surface area contributed by atoms with E-state index in [1.807, 2.05) is 55.5 Å². The van der Waals surface area contributed by atoms with E-state index < -0.39 is 11.6 Å². The number of nitrogens with one attached hydrogen (secondary N) is 1. The minimum absolute atomic E-state index is 0.203. The number of carbonyl (C=O) groups is 3. The Bertz CT molecular complexity index is 1170. The van der Waals surface area contributed by atoms with E-state index in [2.05, 4.69) is 5.32 Å². The summed E-state index contributed by atoms with van der Waals surface area (Å²) in [5.74, 6) is -0.528. The van der Waals surface area contributed by atoms with Gasteiger partial charge in [0.05, 0.1) is 11.4 Å². The lowest BCUT2D eigenvalue weighted by Crippen LogP contribution is -2.42. The van der Waals surface area contributed by atoms with Gasteiger partial charge >= 0.3 is 6.03 Å². The molecule has 28 heavy (non-hydrogen) atoms. The number of nitrogens with zero attached hydrogens (tertiary/aromatic N) is 1. The number of amides is 3. The fraction of sp³-hybridized carbons (Fsp3) is 0.227. The molecule has 3 amide bonds. The van der Waals surface area contributed by atoms with Crippen LogP contribution in [0.25, 0.3) is 10.1 Å². The Kier molecular flexibility index (Phi) is 3.67. The first kappa shape index (κ1) is 17.1. The largest absolute Gasteiger partial charge is 0.325 e. The molecule has 3 aromatic rings. The van der Waals surface area contributed by atoms with Crippen LogP contribution in [0, 0.1) is 6.92 Å². The number of rotatable bonds is 3. The van der Waals surface area contributed by atoms with Gasteiger partial charge in [-0.25, -0.2) is 4.79 Å². The minimum atomic E-state index is -1.02. The molecule has 1 unspecified atom stereocenters. The van der Waals surface area contributed by atoms with Crippen LogP contribution in [0.1, 0.15) is 32.8 Å². The van der Waals surface area contributed by atoms with Gasteiger partial charge in [-0.05, 0) is 47.9 Å². The summed E-state index contributed by atoms with van der Waals surface area (Å²) in [7, 11) is 0. The van der Waals surface area contributed by atoms with Crippen molar-refractivity contribution in [1.82, 2.24) is 10.2 Å². The maximum atomic E-state index is 13.2. The first-order chi connectivity index (χ1) is 13.5. The number of aryl methyl sites for hydroxylation is 2. The summed E-state index contributed by atoms with van der Waals surface area (Å²) in [5, 5.41) is 3.91. The van der Waals surface area contributed by atoms with E-state index >= 15 is 0 Å². The molecular weight excluding hydrogens is 372 g/mol. The summed E-state index contributed by atoms with van der Waals surface area (Å²) < 4.78 is 1.03. The van der Waals surface area contributed by atoms with E-state index in [1.54, 1.807) is 0 Å². The molecular formula is C22H18N2O3S. The summed E-state index contributed by atoms with van der Waals surface area (Å²) in [6.07, 6.45) is 1.27. The van der Waals surface area contributed by atoms with Crippen LogP contribution in [0.4, 0.5) is 4.79 Å². The molecule has 2 heterocycles. The van der Waals surface area contributed by atoms with Crippen LogP contribution < -0.4 is 5.32 Å². The van der Waals surface area contributed by atoms with Crippen LogP contribution in [-0.2, 0) is 16.8 Å². The summed E-state index contributed by atoms with van der Waals surface area (Å²) in [6, 6.07) is 15.0. The molecule has 1 N–H and O–H groups in total. The van der Waals surface area contributed by atoms with Gasteiger partial charge in [-0.2, -0.15) is 0 Å². The van der Waals surface area contributed by atoms with Crippen LogP contribution in [0.2, 0.25) is 0 Å². The van der Waals surface area contributed by atoms with Crippen molar-refractivity contribution in [3.05, 3.63) is 70.1 Å². The first-order valence-electron chi connectivity index (χ1n) is 9.25. The highest BCUT2D eigenvalue weighted by atomic mass is 32.1. The third-order valence-corrected chi connectivity index (χ3v) is 7.13. The van der Waals surface area contributed by atoms with Crippen molar-refractivity contribution < 1.29 is 14.4 Å². The molecule has 1 saturated heterocycles. The highest BCUT2D eigenvalue weighted by Gasteiger charge is 2.55. The number of imide groups is 1. The number of thiophene rings is 1. The zero-order valence-electron chi connectivity index (χ0n) is 15.3. The van der Waals surface area contributed by atoms with Crippen molar-refractivity contribution >= 4 is 39.1 Å². The molecule has 2 aromatic carbocycles. The Hall–Kier alpha value is -2.99. The molecule has 1 spiro atoms. The third-order valence-electron chi connectivity index (χ3n) is 5.82. The Balaban J connectivity index is 1.46. The van der Waals surface area contributed by atoms with Crippen molar-refractivity contribution in [3.63, 3.8) is 0 Å². The van der Waals surface area contributed by atoms with Gasteiger partial charge in [0.25, 0.3) is 5.91 Å². The number of ketones is 1. The SMILES string of the molecule is Cc1c(C(=O)CN2C(=O)NC3(CCc4ccccc43)C2=O)sc2ccccc12. The zero-order valence-corrected chi connectivity index (χ0v) is 16.1. The molecule has 1 fully saturated rings. The van der Waals surface area contributed by atoms with Crippen LogP contribution >= 0.6 is 11.3 Å². The maximum Gasteiger partial charge on any atom is 0.325 e. The molecule has 6 heteroatoms. The Morgan fingerprint density at radius 3 is 2.71 bits per heavy atom. The molecule has 0 bridgehead atoms. The van der Waals surface area contributed by atoms with E-state index in [0.717, 1.165) is 38.1 Å². The second-order valence-corrected chi connectivity index (χ2v) is 8.41. The smallest absolute Gasteiger partial charge is 0.319 e. The Morgan fingerprint density at radius 2 is 1.89 bits per heavy atom. The summed E-state index contributed by atoms with van der Waals surface area (Å²) in [4.78, 5) is 40.5. The fourth-order valence-corrected chi connectivity index (χ4v) is 5.53. The molecule has 1 aliphatic carbocycles. The van der Waals surface area contributed by atoms with Crippen LogP contribution in [0.5, 0.6) is 0 Å². The molecule has 1 aliphatic heterocycles. The average molecular weight is 390 g/mol. The van der Waals surface area contributed by atoms with Crippen molar-refractivity contribution in [2.45, 2.75) is 25.3 Å². The van der Waals surface area contributed by atoms with Gasteiger partial charge in [0.1, 0.15) is 5.54 Å². The Morgan fingerprint density at radius 1 is 1.14 bits per heavy atom. The summed E-state index contributed by atoms with van der Waals surface area (Å²) in [6.45, 7) is 1.68. The number of Topliss-reactive ketones (excluding diaryl/α,β-unsaturated/α-hetero) is 1. The van der Waals surface area contributed by atoms with Crippen molar-refractivity contribution in [2.75, 3.05) is 6.54 Å². The van der Waals surface area contributed by atoms with Crippen LogP contribution in [-0.4, -0.2) is 29.2 Å². The fourth-order valence-electron chi connectivity index (χ4n) is 4.39. The normalized spacial score (nSPS) is 20.8. The number of hydrogen-bond acceptors (Lipinski definition) is 4. The van der Waals surface area contributed by atoms with Gasteiger partial charge < -0.3 is 5.32 Å². The van der Waals surface area contributed by atoms with E-state index in [0.29, 0.717) is 11.3 Å². The predicted octanol–water partition coefficient (Wildman–Crippen LogP) is 3.79. The van der Waals surface area contributed by atoms with Gasteiger partial charge in [0.15, 0.2) is 5.78 Å². The van der Waals surface area contributed by atoms with E-state index in [1.165, 1.54) is 11.3 Å². The number of urea groups is 1. The van der Waals surface area contributed by atoms with Gasteiger partial charge in [-0.3, -0.25) is 14.5 Å². The summed E-state index contributed by atoms with van der Waals surface area (Å²) >= 11 is 1.41. The van der Waals surface area contributed by atoms with Crippen molar-refractivity contribution in [2.24, 2.45) is 0 Å². The molecule has 5 nitrogen and oxygen atoms in total. The topological polar surface area (TPSA) is 66.5 Å². The minimum Gasteiger partial charge on any atom is -0.319 e. The number of benzene rings is 2. The molecule has 140 valence electrons. The van der Waals surface area contributed by atoms with Gasteiger partial charge in [-0.15, -0.1) is 11.3 Å². The molecule has 0 radical (unpaired) electrons. The molecule has 0 saturated carbocycles. The van der Waals surface area contributed by atoms with Crippen molar-refractivity contribution in [1.29, 1.82) is 0 Å². The highest BCUT2D eigenvalue weighted by Crippen LogP contribution is 2.41. The standard InChI is InChI=1S/C22H18N2O3S/c1-13-15-7-3-5-9-18(15)28-19(13)17(25)12-24-20(26)22(23-21(24)27)11-10-14-6-2-4-8-16(14)22/h2-9H,10-12H2,1H3,(H,23,27). The monoisotopic (exact) mass is 390 g/mol. The average Bonchev–Trinajstić information content (AvgIpc) is 3.32. The second kappa shape index (κ2) is 6.01. The highest BCUT2D eigenvalue weighted by molar-refractivity contribution is 7.21. The second-order valence-electron chi connectivity index (χ2n) is 7.36. The molecule has 2 aliphatic rings. The summed E-state index contributed by atoms with van der Waals surface area (Å²) in [5.41, 5.74) is 1.80. The zero-order chi connectivity index (χ0) is 19.5. The first-order valence-corrected chi connectivity index (χ1v) is 10.1. The maximum absolute atomic E-state index is 13.2. The number of carbonyl (C=O) groups excluding carboxylic acids is 3. The number of hydrogen-bond donors (Lipinski definition) is 1. The Labute approximate surface area is 166 Å². The van der Waals surface area contributed by atoms with E-state index in [-0.39, 0.29) is 18.2 Å². The van der Waals surface area contributed by atoms with Crippen LogP contribution in [0.3, 0.4) is 0 Å². The van der Waals surface area contributed by atoms with E-state index in [9.17, 15) is 14.4 Å². The quantitative estimate of drug-likeness (QED) is 0.547. The van der Waals surface area contributed by atoms with Gasteiger partial charge in [0, 0.05) is 4.70 Å². The van der Waals surface area contributed by atoms with Gasteiger partial charge in [0.2, 0.25) is 0 Å². The molecule has 5 rings (SSSR count). The molecule has 1 atom stereocenters. The lowest BCUT2D eigenvalue weighted by atomic mass is 9.92. The van der Waals surface area contributed by atoms with E-state index in [4.69, 9.17) is 0 Å². The lowest BCUT2D eigenvalue weighted by molar-refractivity contribution is -0.131. The number of fused-ring (bicyclic) bond motifs is 3. The van der Waals surface area contributed by atoms with Gasteiger partial charge in [-0.1, -0.05) is 42.5 Å².